The van der Waals surface area contributed by atoms with Crippen LogP contribution in [0.3, 0.4) is 0 Å². The SMILES string of the molecule is Oc1cccc2c1NCCC2C(F)(F)F. The topological polar surface area (TPSA) is 32.3 Å². The minimum atomic E-state index is -4.25. The lowest BCUT2D eigenvalue weighted by Gasteiger charge is -2.28. The fourth-order valence-electron chi connectivity index (χ4n) is 1.88. The molecule has 0 saturated carbocycles. The molecule has 0 aliphatic carbocycles. The molecule has 1 atom stereocenters. The number of para-hydroxylation sites is 1. The zero-order valence-electron chi connectivity index (χ0n) is 7.80. The Morgan fingerprint density at radius 1 is 1.33 bits per heavy atom. The van der Waals surface area contributed by atoms with E-state index in [1.54, 1.807) is 0 Å². The molecule has 1 aromatic carbocycles. The van der Waals surface area contributed by atoms with Gasteiger partial charge in [0, 0.05) is 6.54 Å². The summed E-state index contributed by atoms with van der Waals surface area (Å²) in [6.07, 6.45) is -4.23. The Kier molecular flexibility index (Phi) is 2.25. The van der Waals surface area contributed by atoms with E-state index in [-0.39, 0.29) is 30.0 Å². The van der Waals surface area contributed by atoms with Gasteiger partial charge in [-0.15, -0.1) is 0 Å². The summed E-state index contributed by atoms with van der Waals surface area (Å²) in [5, 5.41) is 12.2. The maximum Gasteiger partial charge on any atom is 0.395 e. The molecule has 0 bridgehead atoms. The average Bonchev–Trinajstić information content (AvgIpc) is 2.16. The molecule has 1 aliphatic rings. The van der Waals surface area contributed by atoms with Crippen molar-refractivity contribution >= 4 is 5.69 Å². The quantitative estimate of drug-likeness (QED) is 0.655. The van der Waals surface area contributed by atoms with Gasteiger partial charge in [-0.25, -0.2) is 0 Å². The van der Waals surface area contributed by atoms with Crippen LogP contribution in [0.5, 0.6) is 5.75 Å². The molecule has 0 spiro atoms. The van der Waals surface area contributed by atoms with Gasteiger partial charge in [0.25, 0.3) is 0 Å². The number of nitrogens with one attached hydrogen (secondary N) is 1. The van der Waals surface area contributed by atoms with Gasteiger partial charge in [-0.3, -0.25) is 0 Å². The first-order valence-electron chi connectivity index (χ1n) is 4.62. The number of phenols is 1. The highest BCUT2D eigenvalue weighted by Gasteiger charge is 2.43. The summed E-state index contributed by atoms with van der Waals surface area (Å²) >= 11 is 0. The van der Waals surface area contributed by atoms with Gasteiger partial charge >= 0.3 is 6.18 Å². The van der Waals surface area contributed by atoms with E-state index in [4.69, 9.17) is 0 Å². The second-order valence-electron chi connectivity index (χ2n) is 3.55. The number of alkyl halides is 3. The van der Waals surface area contributed by atoms with E-state index in [1.807, 2.05) is 0 Å². The Morgan fingerprint density at radius 3 is 2.73 bits per heavy atom. The lowest BCUT2D eigenvalue weighted by atomic mass is 9.90. The van der Waals surface area contributed by atoms with Crippen molar-refractivity contribution in [1.29, 1.82) is 0 Å². The van der Waals surface area contributed by atoms with Crippen molar-refractivity contribution < 1.29 is 18.3 Å². The molecule has 0 fully saturated rings. The van der Waals surface area contributed by atoms with Crippen molar-refractivity contribution in [2.45, 2.75) is 18.5 Å². The second kappa shape index (κ2) is 3.32. The van der Waals surface area contributed by atoms with E-state index in [0.717, 1.165) is 0 Å². The Hall–Kier alpha value is -1.39. The highest BCUT2D eigenvalue weighted by molar-refractivity contribution is 5.64. The average molecular weight is 217 g/mol. The molecule has 82 valence electrons. The Labute approximate surface area is 84.7 Å². The third-order valence-electron chi connectivity index (χ3n) is 2.58. The number of benzene rings is 1. The van der Waals surface area contributed by atoms with Gasteiger partial charge in [-0.05, 0) is 18.1 Å². The number of phenolic OH excluding ortho intramolecular Hbond substituents is 1. The number of aromatic hydroxyl groups is 1. The van der Waals surface area contributed by atoms with Gasteiger partial charge in [-0.1, -0.05) is 12.1 Å². The number of anilines is 1. The van der Waals surface area contributed by atoms with Crippen LogP contribution in [0, 0.1) is 0 Å². The third-order valence-corrected chi connectivity index (χ3v) is 2.58. The van der Waals surface area contributed by atoms with Crippen LogP contribution in [0.25, 0.3) is 0 Å². The first-order valence-corrected chi connectivity index (χ1v) is 4.62. The molecular formula is C10H10F3NO. The Bertz CT molecular complexity index is 375. The van der Waals surface area contributed by atoms with Crippen LogP contribution < -0.4 is 5.32 Å². The zero-order valence-corrected chi connectivity index (χ0v) is 7.80. The number of halogens is 3. The van der Waals surface area contributed by atoms with Crippen molar-refractivity contribution in [2.75, 3.05) is 11.9 Å². The minimum Gasteiger partial charge on any atom is -0.506 e. The van der Waals surface area contributed by atoms with Crippen molar-refractivity contribution in [3.05, 3.63) is 23.8 Å². The van der Waals surface area contributed by atoms with Crippen LogP contribution >= 0.6 is 0 Å². The molecule has 1 aromatic rings. The lowest BCUT2D eigenvalue weighted by molar-refractivity contribution is -0.151. The summed E-state index contributed by atoms with van der Waals surface area (Å²) in [6.45, 7) is 0.231. The van der Waals surface area contributed by atoms with E-state index in [1.165, 1.54) is 18.2 Å². The summed E-state index contributed by atoms with van der Waals surface area (Å²) in [6, 6.07) is 4.21. The zero-order chi connectivity index (χ0) is 11.1. The van der Waals surface area contributed by atoms with Gasteiger partial charge in [0.15, 0.2) is 0 Å². The standard InChI is InChI=1S/C10H10F3NO/c11-10(12,13)7-4-5-14-9-6(7)2-1-3-8(9)15/h1-3,7,14-15H,4-5H2. The molecular weight excluding hydrogens is 207 g/mol. The van der Waals surface area contributed by atoms with Crippen LogP contribution in [0.1, 0.15) is 17.9 Å². The molecule has 15 heavy (non-hydrogen) atoms. The first-order chi connectivity index (χ1) is 7.00. The number of fused-ring (bicyclic) bond motifs is 1. The van der Waals surface area contributed by atoms with Gasteiger partial charge in [0.2, 0.25) is 0 Å². The van der Waals surface area contributed by atoms with E-state index in [0.29, 0.717) is 0 Å². The van der Waals surface area contributed by atoms with E-state index < -0.39 is 12.1 Å². The van der Waals surface area contributed by atoms with Gasteiger partial charge < -0.3 is 10.4 Å². The molecule has 0 amide bonds. The minimum absolute atomic E-state index is 0.0138. The summed E-state index contributed by atoms with van der Waals surface area (Å²) in [5.74, 6) is -1.60. The predicted octanol–water partition coefficient (Wildman–Crippen LogP) is 2.85. The van der Waals surface area contributed by atoms with Gasteiger partial charge in [-0.2, -0.15) is 13.2 Å². The van der Waals surface area contributed by atoms with Gasteiger partial charge in [0.1, 0.15) is 5.75 Å². The van der Waals surface area contributed by atoms with Crippen molar-refractivity contribution in [1.82, 2.24) is 0 Å². The van der Waals surface area contributed by atoms with Crippen molar-refractivity contribution in [2.24, 2.45) is 0 Å². The monoisotopic (exact) mass is 217 g/mol. The largest absolute Gasteiger partial charge is 0.506 e. The Morgan fingerprint density at radius 2 is 2.07 bits per heavy atom. The highest BCUT2D eigenvalue weighted by Crippen LogP contribution is 2.45. The molecule has 0 radical (unpaired) electrons. The maximum absolute atomic E-state index is 12.6. The number of hydrogen-bond acceptors (Lipinski definition) is 2. The van der Waals surface area contributed by atoms with Crippen molar-refractivity contribution in [3.63, 3.8) is 0 Å². The third kappa shape index (κ3) is 1.73. The van der Waals surface area contributed by atoms with Crippen LogP contribution in [0.4, 0.5) is 18.9 Å². The van der Waals surface area contributed by atoms with Crippen LogP contribution in [0.15, 0.2) is 18.2 Å². The van der Waals surface area contributed by atoms with Crippen LogP contribution in [-0.4, -0.2) is 17.8 Å². The maximum atomic E-state index is 12.6. The summed E-state index contributed by atoms with van der Waals surface area (Å²) in [4.78, 5) is 0. The molecule has 2 rings (SSSR count). The highest BCUT2D eigenvalue weighted by atomic mass is 19.4. The summed E-state index contributed by atoms with van der Waals surface area (Å²) in [5.41, 5.74) is 0.347. The van der Waals surface area contributed by atoms with Crippen LogP contribution in [0.2, 0.25) is 0 Å². The molecule has 0 aromatic heterocycles. The van der Waals surface area contributed by atoms with E-state index >= 15 is 0 Å². The smallest absolute Gasteiger partial charge is 0.395 e. The summed E-state index contributed by atoms with van der Waals surface area (Å²) < 4.78 is 37.9. The predicted molar refractivity (Wildman–Crippen MR) is 50.0 cm³/mol. The first kappa shape index (κ1) is 10.1. The fraction of sp³-hybridized carbons (Fsp3) is 0.400. The fourth-order valence-corrected chi connectivity index (χ4v) is 1.88. The van der Waals surface area contributed by atoms with Gasteiger partial charge in [0.05, 0.1) is 11.6 Å². The normalized spacial score (nSPS) is 20.6. The molecule has 0 saturated heterocycles. The van der Waals surface area contributed by atoms with Crippen LogP contribution in [-0.2, 0) is 0 Å². The molecule has 1 heterocycles. The summed E-state index contributed by atoms with van der Waals surface area (Å²) in [7, 11) is 0. The number of hydrogen-bond donors (Lipinski definition) is 2. The molecule has 1 unspecified atom stereocenters. The second-order valence-corrected chi connectivity index (χ2v) is 3.55. The Balaban J connectivity index is 2.48. The lowest BCUT2D eigenvalue weighted by Crippen LogP contribution is -2.28. The number of rotatable bonds is 0. The molecule has 2 nitrogen and oxygen atoms in total. The molecule has 1 aliphatic heterocycles. The van der Waals surface area contributed by atoms with E-state index in [2.05, 4.69) is 5.32 Å². The van der Waals surface area contributed by atoms with Crippen molar-refractivity contribution in [3.8, 4) is 5.75 Å². The molecule has 5 heteroatoms. The molecule has 2 N–H and O–H groups in total. The van der Waals surface area contributed by atoms with E-state index in [9.17, 15) is 18.3 Å².